The molecular weight excluding hydrogens is 204 g/mol. The van der Waals surface area contributed by atoms with Crippen molar-refractivity contribution in [1.29, 1.82) is 5.26 Å². The van der Waals surface area contributed by atoms with Gasteiger partial charge in [0.15, 0.2) is 0 Å². The molecule has 1 aliphatic carbocycles. The van der Waals surface area contributed by atoms with Crippen LogP contribution in [-0.4, -0.2) is 37.1 Å². The number of carbonyl (C=O) groups excluding carboxylic acids is 1. The first kappa shape index (κ1) is 11.4. The largest absolute Gasteiger partial charge is 0.379 e. The first-order valence-electron chi connectivity index (χ1n) is 5.90. The van der Waals surface area contributed by atoms with Gasteiger partial charge in [0, 0.05) is 26.1 Å². The van der Waals surface area contributed by atoms with Gasteiger partial charge < -0.3 is 9.64 Å². The van der Waals surface area contributed by atoms with Crippen LogP contribution in [0.4, 0.5) is 0 Å². The van der Waals surface area contributed by atoms with E-state index in [4.69, 9.17) is 10.00 Å². The van der Waals surface area contributed by atoms with Crippen molar-refractivity contribution in [2.75, 3.05) is 20.2 Å². The van der Waals surface area contributed by atoms with Crippen LogP contribution in [0.3, 0.4) is 0 Å². The van der Waals surface area contributed by atoms with E-state index in [2.05, 4.69) is 13.0 Å². The van der Waals surface area contributed by atoms with E-state index in [-0.39, 0.29) is 12.0 Å². The summed E-state index contributed by atoms with van der Waals surface area (Å²) in [6.07, 6.45) is 2.62. The molecule has 4 nitrogen and oxygen atoms in total. The molecule has 0 aromatic heterocycles. The van der Waals surface area contributed by atoms with E-state index in [1.165, 1.54) is 0 Å². The van der Waals surface area contributed by atoms with Gasteiger partial charge in [-0.25, -0.2) is 0 Å². The Morgan fingerprint density at radius 2 is 2.25 bits per heavy atom. The number of methoxy groups -OCH3 is 1. The van der Waals surface area contributed by atoms with Crippen molar-refractivity contribution >= 4 is 5.91 Å². The fraction of sp³-hybridized carbons (Fsp3) is 0.833. The van der Waals surface area contributed by atoms with Crippen molar-refractivity contribution in [3.63, 3.8) is 0 Å². The molecule has 2 atom stereocenters. The molecule has 4 heteroatoms. The normalized spacial score (nSPS) is 31.2. The molecule has 1 saturated carbocycles. The lowest BCUT2D eigenvalue weighted by Gasteiger charge is -2.18. The van der Waals surface area contributed by atoms with Gasteiger partial charge in [-0.05, 0) is 19.3 Å². The fourth-order valence-electron chi connectivity index (χ4n) is 2.47. The maximum absolute atomic E-state index is 12.1. The molecule has 0 spiro atoms. The van der Waals surface area contributed by atoms with Crippen LogP contribution in [0.5, 0.6) is 0 Å². The lowest BCUT2D eigenvalue weighted by atomic mass is 10.0. The maximum atomic E-state index is 12.1. The summed E-state index contributed by atoms with van der Waals surface area (Å²) in [5, 5.41) is 9.00. The highest BCUT2D eigenvalue weighted by molar-refractivity contribution is 5.88. The van der Waals surface area contributed by atoms with Crippen LogP contribution in [-0.2, 0) is 9.53 Å². The summed E-state index contributed by atoms with van der Waals surface area (Å²) < 4.78 is 5.38. The molecule has 1 saturated heterocycles. The highest BCUT2D eigenvalue weighted by Gasteiger charge is 2.54. The third-order valence-corrected chi connectivity index (χ3v) is 3.87. The van der Waals surface area contributed by atoms with E-state index in [1.54, 1.807) is 7.11 Å². The number of hydrogen-bond acceptors (Lipinski definition) is 3. The minimum absolute atomic E-state index is 0.0213. The third kappa shape index (κ3) is 1.69. The van der Waals surface area contributed by atoms with Gasteiger partial charge in [0.2, 0.25) is 5.91 Å². The van der Waals surface area contributed by atoms with Crippen LogP contribution in [0.25, 0.3) is 0 Å². The summed E-state index contributed by atoms with van der Waals surface area (Å²) >= 11 is 0. The Morgan fingerprint density at radius 3 is 2.62 bits per heavy atom. The number of hydrogen-bond donors (Lipinski definition) is 0. The first-order chi connectivity index (χ1) is 7.66. The highest BCUT2D eigenvalue weighted by atomic mass is 16.5. The van der Waals surface area contributed by atoms with Gasteiger partial charge in [-0.3, -0.25) is 4.79 Å². The van der Waals surface area contributed by atoms with E-state index in [0.717, 1.165) is 25.8 Å². The monoisotopic (exact) mass is 222 g/mol. The lowest BCUT2D eigenvalue weighted by Crippen LogP contribution is -2.35. The second-order valence-electron chi connectivity index (χ2n) is 4.85. The molecule has 0 N–H and O–H groups in total. The standard InChI is InChI=1S/C12H18N2O2/c1-3-9-6-14(7-10(9)16-2)11(15)12(8-13)4-5-12/h9-10H,3-7H2,1-2H3. The highest BCUT2D eigenvalue weighted by Crippen LogP contribution is 2.47. The average Bonchev–Trinajstić information content (AvgIpc) is 3.01. The zero-order chi connectivity index (χ0) is 11.8. The Morgan fingerprint density at radius 1 is 1.56 bits per heavy atom. The van der Waals surface area contributed by atoms with Gasteiger partial charge in [-0.2, -0.15) is 5.26 Å². The predicted octanol–water partition coefficient (Wildman–Crippen LogP) is 1.17. The Labute approximate surface area is 96.2 Å². The Bertz CT molecular complexity index is 318. The average molecular weight is 222 g/mol. The fourth-order valence-corrected chi connectivity index (χ4v) is 2.47. The van der Waals surface area contributed by atoms with Crippen molar-refractivity contribution in [2.24, 2.45) is 11.3 Å². The molecule has 2 unspecified atom stereocenters. The molecule has 88 valence electrons. The van der Waals surface area contributed by atoms with E-state index >= 15 is 0 Å². The number of carbonyl (C=O) groups is 1. The van der Waals surface area contributed by atoms with E-state index < -0.39 is 5.41 Å². The molecule has 2 fully saturated rings. The number of ether oxygens (including phenoxy) is 1. The minimum atomic E-state index is -0.680. The zero-order valence-corrected chi connectivity index (χ0v) is 9.90. The molecule has 0 aromatic carbocycles. The van der Waals surface area contributed by atoms with Gasteiger partial charge >= 0.3 is 0 Å². The Balaban J connectivity index is 2.03. The van der Waals surface area contributed by atoms with Crippen LogP contribution in [0.2, 0.25) is 0 Å². The zero-order valence-electron chi connectivity index (χ0n) is 9.90. The number of rotatable bonds is 3. The number of nitriles is 1. The SMILES string of the molecule is CCC1CN(C(=O)C2(C#N)CC2)CC1OC. The number of nitrogens with zero attached hydrogens (tertiary/aromatic N) is 2. The molecule has 0 bridgehead atoms. The summed E-state index contributed by atoms with van der Waals surface area (Å²) in [5.41, 5.74) is -0.680. The molecule has 1 amide bonds. The molecule has 16 heavy (non-hydrogen) atoms. The smallest absolute Gasteiger partial charge is 0.243 e. The summed E-state index contributed by atoms with van der Waals surface area (Å²) in [5.74, 6) is 0.441. The van der Waals surface area contributed by atoms with Crippen molar-refractivity contribution in [1.82, 2.24) is 4.90 Å². The Hall–Kier alpha value is -1.08. The topological polar surface area (TPSA) is 53.3 Å². The predicted molar refractivity (Wildman–Crippen MR) is 58.4 cm³/mol. The van der Waals surface area contributed by atoms with Crippen LogP contribution in [0, 0.1) is 22.7 Å². The van der Waals surface area contributed by atoms with Crippen molar-refractivity contribution in [3.8, 4) is 6.07 Å². The van der Waals surface area contributed by atoms with Crippen LogP contribution in [0.1, 0.15) is 26.2 Å². The van der Waals surface area contributed by atoms with Gasteiger partial charge in [0.05, 0.1) is 12.2 Å². The number of amides is 1. The quantitative estimate of drug-likeness (QED) is 0.720. The van der Waals surface area contributed by atoms with Crippen molar-refractivity contribution in [2.45, 2.75) is 32.3 Å². The summed E-state index contributed by atoms with van der Waals surface area (Å²) in [7, 11) is 1.69. The molecule has 1 heterocycles. The Kier molecular flexibility index (Phi) is 2.90. The van der Waals surface area contributed by atoms with E-state index in [0.29, 0.717) is 12.5 Å². The molecule has 2 aliphatic rings. The first-order valence-corrected chi connectivity index (χ1v) is 5.90. The van der Waals surface area contributed by atoms with Gasteiger partial charge in [-0.1, -0.05) is 6.92 Å². The molecule has 0 radical (unpaired) electrons. The molecule has 2 rings (SSSR count). The van der Waals surface area contributed by atoms with Crippen molar-refractivity contribution in [3.05, 3.63) is 0 Å². The summed E-state index contributed by atoms with van der Waals surface area (Å²) in [4.78, 5) is 13.9. The second-order valence-corrected chi connectivity index (χ2v) is 4.85. The van der Waals surface area contributed by atoms with Crippen LogP contribution < -0.4 is 0 Å². The van der Waals surface area contributed by atoms with E-state index in [9.17, 15) is 4.79 Å². The molecule has 1 aliphatic heterocycles. The van der Waals surface area contributed by atoms with Gasteiger partial charge in [0.1, 0.15) is 5.41 Å². The minimum Gasteiger partial charge on any atom is -0.379 e. The molecular formula is C12H18N2O2. The summed E-state index contributed by atoms with van der Waals surface area (Å²) in [6.45, 7) is 3.51. The summed E-state index contributed by atoms with van der Waals surface area (Å²) in [6, 6.07) is 2.16. The molecule has 0 aromatic rings. The third-order valence-electron chi connectivity index (χ3n) is 3.87. The van der Waals surface area contributed by atoms with Gasteiger partial charge in [-0.15, -0.1) is 0 Å². The van der Waals surface area contributed by atoms with Crippen LogP contribution in [0.15, 0.2) is 0 Å². The van der Waals surface area contributed by atoms with Crippen LogP contribution >= 0.6 is 0 Å². The second kappa shape index (κ2) is 4.06. The maximum Gasteiger partial charge on any atom is 0.243 e. The van der Waals surface area contributed by atoms with E-state index in [1.807, 2.05) is 4.90 Å². The number of likely N-dealkylation sites (tertiary alicyclic amines) is 1. The lowest BCUT2D eigenvalue weighted by molar-refractivity contribution is -0.134. The van der Waals surface area contributed by atoms with Gasteiger partial charge in [0.25, 0.3) is 0 Å². The van der Waals surface area contributed by atoms with Crippen molar-refractivity contribution < 1.29 is 9.53 Å².